The number of nitrogens with one attached hydrogen (secondary N) is 2. The normalized spacial score (nSPS) is 23.4. The summed E-state index contributed by atoms with van der Waals surface area (Å²) in [5.41, 5.74) is 7.32. The smallest absolute Gasteiger partial charge is 0.0425 e. The van der Waals surface area contributed by atoms with Gasteiger partial charge in [-0.3, -0.25) is 0 Å². The van der Waals surface area contributed by atoms with Gasteiger partial charge in [-0.1, -0.05) is 56.3 Å². The first-order valence-electron chi connectivity index (χ1n) is 9.93. The van der Waals surface area contributed by atoms with Gasteiger partial charge in [-0.25, -0.2) is 0 Å². The van der Waals surface area contributed by atoms with Crippen molar-refractivity contribution in [1.29, 1.82) is 0 Å². The molecular formula is C23H31N3. The second-order valence-corrected chi connectivity index (χ2v) is 8.36. The zero-order chi connectivity index (χ0) is 18.3. The van der Waals surface area contributed by atoms with Gasteiger partial charge in [0.15, 0.2) is 0 Å². The Balaban J connectivity index is 1.72. The summed E-state index contributed by atoms with van der Waals surface area (Å²) in [6.07, 6.45) is 0. The molecule has 0 bridgehead atoms. The van der Waals surface area contributed by atoms with Crippen LogP contribution in [0.3, 0.4) is 0 Å². The summed E-state index contributed by atoms with van der Waals surface area (Å²) in [4.78, 5) is 2.46. The van der Waals surface area contributed by atoms with Crippen molar-refractivity contribution in [2.45, 2.75) is 51.2 Å². The van der Waals surface area contributed by atoms with E-state index in [4.69, 9.17) is 0 Å². The predicted molar refractivity (Wildman–Crippen MR) is 110 cm³/mol. The molecule has 0 saturated carbocycles. The Bertz CT molecular complexity index is 769. The Hall–Kier alpha value is -1.84. The Morgan fingerprint density at radius 3 is 2.50 bits per heavy atom. The van der Waals surface area contributed by atoms with Crippen LogP contribution in [0, 0.1) is 0 Å². The maximum Gasteiger partial charge on any atom is 0.0425 e. The lowest BCUT2D eigenvalue weighted by molar-refractivity contribution is 0.296. The molecule has 0 amide bonds. The minimum atomic E-state index is 0.460. The van der Waals surface area contributed by atoms with Gasteiger partial charge in [0.05, 0.1) is 0 Å². The fraction of sp³-hybridized carbons (Fsp3) is 0.478. The van der Waals surface area contributed by atoms with Crippen LogP contribution >= 0.6 is 0 Å². The minimum absolute atomic E-state index is 0.460. The SMILES string of the molecule is CC(C)NC(C)C1CNc2c1ccc1c2CN(C)CC1c1ccccc1. The van der Waals surface area contributed by atoms with Gasteiger partial charge in [-0.2, -0.15) is 0 Å². The highest BCUT2D eigenvalue weighted by Gasteiger charge is 2.33. The van der Waals surface area contributed by atoms with Gasteiger partial charge in [-0.15, -0.1) is 0 Å². The molecule has 0 saturated heterocycles. The molecule has 0 aliphatic carbocycles. The summed E-state index contributed by atoms with van der Waals surface area (Å²) in [6.45, 7) is 9.93. The Morgan fingerprint density at radius 1 is 1.04 bits per heavy atom. The lowest BCUT2D eigenvalue weighted by Crippen LogP contribution is -2.37. The summed E-state index contributed by atoms with van der Waals surface area (Å²) < 4.78 is 0. The van der Waals surface area contributed by atoms with Gasteiger partial charge in [0.25, 0.3) is 0 Å². The molecule has 4 rings (SSSR count). The van der Waals surface area contributed by atoms with Crippen molar-refractivity contribution in [3.05, 3.63) is 64.7 Å². The van der Waals surface area contributed by atoms with Crippen molar-refractivity contribution in [1.82, 2.24) is 10.2 Å². The van der Waals surface area contributed by atoms with E-state index in [-0.39, 0.29) is 0 Å². The molecule has 26 heavy (non-hydrogen) atoms. The predicted octanol–water partition coefficient (Wildman–Crippen LogP) is 4.16. The Kier molecular flexibility index (Phi) is 4.76. The quantitative estimate of drug-likeness (QED) is 0.868. The van der Waals surface area contributed by atoms with Gasteiger partial charge >= 0.3 is 0 Å². The van der Waals surface area contributed by atoms with Crippen molar-refractivity contribution >= 4 is 5.69 Å². The van der Waals surface area contributed by atoms with Crippen LogP contribution in [0.25, 0.3) is 0 Å². The van der Waals surface area contributed by atoms with Gasteiger partial charge in [-0.05, 0) is 36.2 Å². The third-order valence-corrected chi connectivity index (χ3v) is 5.98. The number of rotatable bonds is 4. The number of nitrogens with zero attached hydrogens (tertiary/aromatic N) is 1. The summed E-state index contributed by atoms with van der Waals surface area (Å²) >= 11 is 0. The lowest BCUT2D eigenvalue weighted by Gasteiger charge is -2.34. The van der Waals surface area contributed by atoms with Crippen LogP contribution in [0.2, 0.25) is 0 Å². The van der Waals surface area contributed by atoms with E-state index >= 15 is 0 Å². The average Bonchev–Trinajstić information content (AvgIpc) is 3.06. The van der Waals surface area contributed by atoms with Crippen molar-refractivity contribution < 1.29 is 0 Å². The molecule has 0 fully saturated rings. The van der Waals surface area contributed by atoms with E-state index in [1.165, 1.54) is 27.9 Å². The van der Waals surface area contributed by atoms with Crippen molar-refractivity contribution in [3.63, 3.8) is 0 Å². The lowest BCUT2D eigenvalue weighted by atomic mass is 9.82. The maximum atomic E-state index is 3.76. The first-order valence-corrected chi connectivity index (χ1v) is 9.93. The first-order chi connectivity index (χ1) is 12.5. The fourth-order valence-corrected chi connectivity index (χ4v) is 4.82. The molecule has 2 heterocycles. The highest BCUT2D eigenvalue weighted by molar-refractivity contribution is 5.67. The molecule has 2 aliphatic heterocycles. The molecule has 2 aliphatic rings. The van der Waals surface area contributed by atoms with Crippen LogP contribution in [-0.4, -0.2) is 37.1 Å². The molecule has 0 radical (unpaired) electrons. The topological polar surface area (TPSA) is 27.3 Å². The van der Waals surface area contributed by atoms with Crippen LogP contribution in [-0.2, 0) is 6.54 Å². The average molecular weight is 350 g/mol. The van der Waals surface area contributed by atoms with E-state index in [1.54, 1.807) is 0 Å². The molecule has 0 aromatic heterocycles. The third-order valence-electron chi connectivity index (χ3n) is 5.98. The van der Waals surface area contributed by atoms with E-state index in [9.17, 15) is 0 Å². The van der Waals surface area contributed by atoms with Gasteiger partial charge in [0, 0.05) is 49.2 Å². The van der Waals surface area contributed by atoms with E-state index in [0.29, 0.717) is 23.9 Å². The monoisotopic (exact) mass is 349 g/mol. The standard InChI is InChI=1S/C23H31N3/c1-15(2)25-16(3)20-12-24-23-19(20)11-10-18-21(13-26(4)14-22(18)23)17-8-6-5-7-9-17/h5-11,15-16,20-21,24-25H,12-14H2,1-4H3. The molecular weight excluding hydrogens is 318 g/mol. The van der Waals surface area contributed by atoms with E-state index in [2.05, 4.69) is 85.8 Å². The summed E-state index contributed by atoms with van der Waals surface area (Å²) in [6, 6.07) is 16.7. The van der Waals surface area contributed by atoms with Gasteiger partial charge < -0.3 is 15.5 Å². The number of benzene rings is 2. The maximum absolute atomic E-state index is 3.76. The second kappa shape index (κ2) is 7.05. The molecule has 3 unspecified atom stereocenters. The molecule has 0 spiro atoms. The van der Waals surface area contributed by atoms with E-state index in [0.717, 1.165) is 19.6 Å². The number of hydrogen-bond donors (Lipinski definition) is 2. The highest BCUT2D eigenvalue weighted by atomic mass is 15.1. The molecule has 3 heteroatoms. The van der Waals surface area contributed by atoms with Crippen molar-refractivity contribution in [3.8, 4) is 0 Å². The van der Waals surface area contributed by atoms with E-state index in [1.807, 2.05) is 0 Å². The van der Waals surface area contributed by atoms with Gasteiger partial charge in [0.2, 0.25) is 0 Å². The molecule has 3 atom stereocenters. The Morgan fingerprint density at radius 2 is 1.77 bits per heavy atom. The number of fused-ring (bicyclic) bond motifs is 3. The van der Waals surface area contributed by atoms with Crippen LogP contribution in [0.4, 0.5) is 5.69 Å². The molecule has 2 N–H and O–H groups in total. The second-order valence-electron chi connectivity index (χ2n) is 8.36. The summed E-state index contributed by atoms with van der Waals surface area (Å²) in [7, 11) is 2.24. The van der Waals surface area contributed by atoms with Gasteiger partial charge in [0.1, 0.15) is 0 Å². The van der Waals surface area contributed by atoms with Crippen LogP contribution in [0.15, 0.2) is 42.5 Å². The fourth-order valence-electron chi connectivity index (χ4n) is 4.82. The summed E-state index contributed by atoms with van der Waals surface area (Å²) in [5.74, 6) is 1.00. The molecule has 2 aromatic carbocycles. The number of likely N-dealkylation sites (N-methyl/N-ethyl adjacent to an activating group) is 1. The number of hydrogen-bond acceptors (Lipinski definition) is 3. The highest BCUT2D eigenvalue weighted by Crippen LogP contribution is 2.43. The third kappa shape index (κ3) is 3.15. The Labute approximate surface area is 157 Å². The molecule has 3 nitrogen and oxygen atoms in total. The minimum Gasteiger partial charge on any atom is -0.384 e. The van der Waals surface area contributed by atoms with Crippen LogP contribution < -0.4 is 10.6 Å². The van der Waals surface area contributed by atoms with Crippen LogP contribution in [0.1, 0.15) is 54.9 Å². The van der Waals surface area contributed by atoms with Crippen LogP contribution in [0.5, 0.6) is 0 Å². The largest absolute Gasteiger partial charge is 0.384 e. The number of anilines is 1. The van der Waals surface area contributed by atoms with Crippen molar-refractivity contribution in [2.24, 2.45) is 0 Å². The molecule has 2 aromatic rings. The first kappa shape index (κ1) is 17.6. The van der Waals surface area contributed by atoms with Crippen molar-refractivity contribution in [2.75, 3.05) is 25.5 Å². The zero-order valence-electron chi connectivity index (χ0n) is 16.4. The zero-order valence-corrected chi connectivity index (χ0v) is 16.4. The molecule has 138 valence electrons. The van der Waals surface area contributed by atoms with E-state index < -0.39 is 0 Å². The summed E-state index contributed by atoms with van der Waals surface area (Å²) in [5, 5.41) is 7.46.